The number of nitrogens with zero attached hydrogens (tertiary/aromatic N) is 1. The Hall–Kier alpha value is -1.69. The van der Waals surface area contributed by atoms with Gasteiger partial charge < -0.3 is 15.4 Å². The minimum atomic E-state index is -1.01. The van der Waals surface area contributed by atoms with Crippen molar-refractivity contribution in [3.8, 4) is 5.75 Å². The van der Waals surface area contributed by atoms with E-state index in [4.69, 9.17) is 10.5 Å². The third-order valence-electron chi connectivity index (χ3n) is 3.15. The number of hydrogen-bond donors (Lipinski definition) is 1. The predicted molar refractivity (Wildman–Crippen MR) is 76.9 cm³/mol. The molecular formula is C15H22F2N2O2. The van der Waals surface area contributed by atoms with Crippen LogP contribution in [0.25, 0.3) is 0 Å². The molecule has 0 radical (unpaired) electrons. The van der Waals surface area contributed by atoms with Crippen molar-refractivity contribution >= 4 is 5.91 Å². The second-order valence-electron chi connectivity index (χ2n) is 5.90. The van der Waals surface area contributed by atoms with Gasteiger partial charge in [-0.05, 0) is 31.0 Å². The van der Waals surface area contributed by atoms with Crippen LogP contribution in [0.15, 0.2) is 18.2 Å². The Morgan fingerprint density at radius 3 is 2.52 bits per heavy atom. The van der Waals surface area contributed by atoms with Crippen LogP contribution in [-0.4, -0.2) is 37.0 Å². The smallest absolute Gasteiger partial charge is 0.263 e. The molecule has 1 atom stereocenters. The number of halogens is 2. The zero-order valence-corrected chi connectivity index (χ0v) is 12.8. The van der Waals surface area contributed by atoms with E-state index >= 15 is 0 Å². The highest BCUT2D eigenvalue weighted by molar-refractivity contribution is 5.80. The minimum absolute atomic E-state index is 0.112. The van der Waals surface area contributed by atoms with Crippen molar-refractivity contribution in [3.63, 3.8) is 0 Å². The van der Waals surface area contributed by atoms with Gasteiger partial charge in [0.2, 0.25) is 0 Å². The van der Waals surface area contributed by atoms with Gasteiger partial charge in [0.1, 0.15) is 5.75 Å². The molecular weight excluding hydrogens is 278 g/mol. The number of likely N-dealkylation sites (N-methyl/N-ethyl adjacent to an activating group) is 1. The standard InChI is InChI=1S/C15H22F2N2O2/c1-10(14(20)19(4)9-15(2,3)8-18)21-11-5-6-12(16)13(17)7-11/h5-7,10H,8-9,18H2,1-4H3. The third kappa shape index (κ3) is 4.97. The quantitative estimate of drug-likeness (QED) is 0.876. The average molecular weight is 300 g/mol. The Labute approximate surface area is 123 Å². The summed E-state index contributed by atoms with van der Waals surface area (Å²) in [7, 11) is 1.66. The summed E-state index contributed by atoms with van der Waals surface area (Å²) in [5.41, 5.74) is 5.44. The van der Waals surface area contributed by atoms with E-state index in [0.29, 0.717) is 13.1 Å². The van der Waals surface area contributed by atoms with Crippen molar-refractivity contribution in [1.29, 1.82) is 0 Å². The first-order chi connectivity index (χ1) is 9.66. The van der Waals surface area contributed by atoms with E-state index in [1.165, 1.54) is 11.0 Å². The summed E-state index contributed by atoms with van der Waals surface area (Å²) < 4.78 is 31.3. The molecule has 1 unspecified atom stereocenters. The van der Waals surface area contributed by atoms with Gasteiger partial charge in [-0.25, -0.2) is 8.78 Å². The van der Waals surface area contributed by atoms with Crippen molar-refractivity contribution < 1.29 is 18.3 Å². The molecule has 2 N–H and O–H groups in total. The van der Waals surface area contributed by atoms with E-state index < -0.39 is 17.7 Å². The lowest BCUT2D eigenvalue weighted by atomic mass is 9.93. The lowest BCUT2D eigenvalue weighted by Gasteiger charge is -2.30. The van der Waals surface area contributed by atoms with Crippen LogP contribution in [0, 0.1) is 17.0 Å². The van der Waals surface area contributed by atoms with Crippen molar-refractivity contribution in [2.24, 2.45) is 11.1 Å². The van der Waals surface area contributed by atoms with Crippen LogP contribution in [0.1, 0.15) is 20.8 Å². The first kappa shape index (κ1) is 17.4. The molecule has 4 nitrogen and oxygen atoms in total. The van der Waals surface area contributed by atoms with Crippen LogP contribution in [0.4, 0.5) is 8.78 Å². The molecule has 0 aromatic heterocycles. The highest BCUT2D eigenvalue weighted by Crippen LogP contribution is 2.18. The van der Waals surface area contributed by atoms with Crippen LogP contribution < -0.4 is 10.5 Å². The minimum Gasteiger partial charge on any atom is -0.481 e. The summed E-state index contributed by atoms with van der Waals surface area (Å²) in [6, 6.07) is 3.16. The molecule has 0 spiro atoms. The van der Waals surface area contributed by atoms with E-state index in [1.54, 1.807) is 14.0 Å². The summed E-state index contributed by atoms with van der Waals surface area (Å²) >= 11 is 0. The van der Waals surface area contributed by atoms with E-state index in [1.807, 2.05) is 13.8 Å². The first-order valence-corrected chi connectivity index (χ1v) is 6.73. The van der Waals surface area contributed by atoms with Gasteiger partial charge in [-0.1, -0.05) is 13.8 Å². The van der Waals surface area contributed by atoms with Crippen LogP contribution in [0.2, 0.25) is 0 Å². The van der Waals surface area contributed by atoms with Crippen LogP contribution in [0.5, 0.6) is 5.75 Å². The monoisotopic (exact) mass is 300 g/mol. The van der Waals surface area contributed by atoms with Gasteiger partial charge in [0, 0.05) is 19.7 Å². The Balaban J connectivity index is 2.67. The molecule has 0 aliphatic carbocycles. The number of amides is 1. The molecule has 0 bridgehead atoms. The number of nitrogens with two attached hydrogens (primary N) is 1. The van der Waals surface area contributed by atoms with Crippen molar-refractivity contribution in [2.75, 3.05) is 20.1 Å². The van der Waals surface area contributed by atoms with Gasteiger partial charge in [-0.3, -0.25) is 4.79 Å². The van der Waals surface area contributed by atoms with Crippen LogP contribution >= 0.6 is 0 Å². The number of rotatable bonds is 6. The number of carbonyl (C=O) groups excluding carboxylic acids is 1. The number of hydrogen-bond acceptors (Lipinski definition) is 3. The molecule has 118 valence electrons. The number of benzene rings is 1. The van der Waals surface area contributed by atoms with Gasteiger partial charge in [0.25, 0.3) is 5.91 Å². The van der Waals surface area contributed by atoms with Gasteiger partial charge in [-0.2, -0.15) is 0 Å². The summed E-state index contributed by atoms with van der Waals surface area (Å²) in [6.07, 6.45) is -0.798. The Bertz CT molecular complexity index is 506. The fraction of sp³-hybridized carbons (Fsp3) is 0.533. The zero-order chi connectivity index (χ0) is 16.2. The molecule has 1 aromatic carbocycles. The second-order valence-corrected chi connectivity index (χ2v) is 5.90. The maximum atomic E-state index is 13.1. The molecule has 1 aromatic rings. The number of carbonyl (C=O) groups is 1. The molecule has 0 fully saturated rings. The summed E-state index contributed by atoms with van der Waals surface area (Å²) in [6.45, 7) is 6.40. The van der Waals surface area contributed by atoms with E-state index in [-0.39, 0.29) is 17.1 Å². The second kappa shape index (κ2) is 6.85. The van der Waals surface area contributed by atoms with Crippen LogP contribution in [0.3, 0.4) is 0 Å². The SMILES string of the molecule is CC(Oc1ccc(F)c(F)c1)C(=O)N(C)CC(C)(C)CN. The molecule has 21 heavy (non-hydrogen) atoms. The van der Waals surface area contributed by atoms with Gasteiger partial charge >= 0.3 is 0 Å². The van der Waals surface area contributed by atoms with Gasteiger partial charge in [0.15, 0.2) is 17.7 Å². The van der Waals surface area contributed by atoms with Gasteiger partial charge in [0.05, 0.1) is 0 Å². The summed E-state index contributed by atoms with van der Waals surface area (Å²) in [4.78, 5) is 13.7. The molecule has 0 aliphatic heterocycles. The molecule has 0 saturated heterocycles. The number of ether oxygens (including phenoxy) is 1. The Kier molecular flexibility index (Phi) is 5.66. The predicted octanol–water partition coefficient (Wildman–Crippen LogP) is 2.18. The zero-order valence-electron chi connectivity index (χ0n) is 12.8. The molecule has 0 saturated carbocycles. The molecule has 6 heteroatoms. The molecule has 0 aliphatic rings. The lowest BCUT2D eigenvalue weighted by molar-refractivity contribution is -0.137. The van der Waals surface area contributed by atoms with Crippen LogP contribution in [-0.2, 0) is 4.79 Å². The largest absolute Gasteiger partial charge is 0.481 e. The van der Waals surface area contributed by atoms with Crippen molar-refractivity contribution in [2.45, 2.75) is 26.9 Å². The third-order valence-corrected chi connectivity index (χ3v) is 3.15. The summed E-state index contributed by atoms with van der Waals surface area (Å²) in [5.74, 6) is -2.10. The Morgan fingerprint density at radius 2 is 2.00 bits per heavy atom. The first-order valence-electron chi connectivity index (χ1n) is 6.73. The van der Waals surface area contributed by atoms with Crippen molar-refractivity contribution in [1.82, 2.24) is 4.90 Å². The fourth-order valence-electron chi connectivity index (χ4n) is 1.90. The van der Waals surface area contributed by atoms with Gasteiger partial charge in [-0.15, -0.1) is 0 Å². The van der Waals surface area contributed by atoms with E-state index in [9.17, 15) is 13.6 Å². The highest BCUT2D eigenvalue weighted by atomic mass is 19.2. The van der Waals surface area contributed by atoms with E-state index in [0.717, 1.165) is 12.1 Å². The summed E-state index contributed by atoms with van der Waals surface area (Å²) in [5, 5.41) is 0. The molecule has 0 heterocycles. The van der Waals surface area contributed by atoms with Crippen molar-refractivity contribution in [3.05, 3.63) is 29.8 Å². The topological polar surface area (TPSA) is 55.6 Å². The highest BCUT2D eigenvalue weighted by Gasteiger charge is 2.25. The fourth-order valence-corrected chi connectivity index (χ4v) is 1.90. The molecule has 1 amide bonds. The van der Waals surface area contributed by atoms with E-state index in [2.05, 4.69) is 0 Å². The Morgan fingerprint density at radius 1 is 1.38 bits per heavy atom. The normalized spacial score (nSPS) is 12.9. The maximum Gasteiger partial charge on any atom is 0.263 e. The molecule has 1 rings (SSSR count). The maximum absolute atomic E-state index is 13.1. The average Bonchev–Trinajstić information content (AvgIpc) is 2.41. The lowest BCUT2D eigenvalue weighted by Crippen LogP contribution is -2.44.